The van der Waals surface area contributed by atoms with Crippen LogP contribution in [0.2, 0.25) is 5.02 Å². The maximum Gasteiger partial charge on any atom is 0.267 e. The predicted molar refractivity (Wildman–Crippen MR) is 58.1 cm³/mol. The van der Waals surface area contributed by atoms with Crippen molar-refractivity contribution in [1.82, 2.24) is 9.38 Å². The lowest BCUT2D eigenvalue weighted by atomic mass is 10.2. The van der Waals surface area contributed by atoms with Crippen molar-refractivity contribution in [2.24, 2.45) is 5.73 Å². The van der Waals surface area contributed by atoms with E-state index in [2.05, 4.69) is 4.98 Å². The van der Waals surface area contributed by atoms with Crippen LogP contribution in [0.1, 0.15) is 23.1 Å². The maximum atomic E-state index is 11.3. The molecule has 0 aliphatic rings. The number of amides is 1. The van der Waals surface area contributed by atoms with Crippen LogP contribution in [0.25, 0.3) is 5.65 Å². The third-order valence-corrected chi connectivity index (χ3v) is 2.45. The number of primary amides is 1. The van der Waals surface area contributed by atoms with Gasteiger partial charge in [0.15, 0.2) is 0 Å². The molecule has 0 aromatic carbocycles. The zero-order chi connectivity index (χ0) is 11.0. The van der Waals surface area contributed by atoms with E-state index in [-0.39, 0.29) is 0 Å². The SMILES string of the molecule is CCc1nc2ccc(Cl)cn2c1C(N)=O. The molecule has 0 saturated heterocycles. The first-order valence-electron chi connectivity index (χ1n) is 4.59. The molecule has 0 fully saturated rings. The molecule has 78 valence electrons. The Morgan fingerprint density at radius 1 is 1.60 bits per heavy atom. The van der Waals surface area contributed by atoms with Gasteiger partial charge >= 0.3 is 0 Å². The molecule has 2 aromatic heterocycles. The molecule has 5 heteroatoms. The Labute approximate surface area is 91.7 Å². The Hall–Kier alpha value is -1.55. The van der Waals surface area contributed by atoms with Gasteiger partial charge in [-0.25, -0.2) is 4.98 Å². The summed E-state index contributed by atoms with van der Waals surface area (Å²) in [5, 5.41) is 0.546. The second-order valence-electron chi connectivity index (χ2n) is 3.20. The summed E-state index contributed by atoms with van der Waals surface area (Å²) in [6, 6.07) is 3.49. The Bertz CT molecular complexity index is 533. The van der Waals surface area contributed by atoms with Crippen LogP contribution in [0.4, 0.5) is 0 Å². The van der Waals surface area contributed by atoms with Crippen LogP contribution in [0.15, 0.2) is 18.3 Å². The summed E-state index contributed by atoms with van der Waals surface area (Å²) in [6.07, 6.45) is 2.31. The van der Waals surface area contributed by atoms with Crippen molar-refractivity contribution < 1.29 is 4.79 Å². The molecule has 0 bridgehead atoms. The van der Waals surface area contributed by atoms with Crippen molar-refractivity contribution >= 4 is 23.2 Å². The number of carbonyl (C=O) groups is 1. The van der Waals surface area contributed by atoms with Crippen molar-refractivity contribution in [2.45, 2.75) is 13.3 Å². The lowest BCUT2D eigenvalue weighted by Gasteiger charge is -1.99. The van der Waals surface area contributed by atoms with Crippen LogP contribution < -0.4 is 5.73 Å². The highest BCUT2D eigenvalue weighted by Crippen LogP contribution is 2.16. The molecule has 2 N–H and O–H groups in total. The molecule has 0 atom stereocenters. The number of fused-ring (bicyclic) bond motifs is 1. The van der Waals surface area contributed by atoms with E-state index in [0.717, 1.165) is 0 Å². The summed E-state index contributed by atoms with van der Waals surface area (Å²) < 4.78 is 1.63. The van der Waals surface area contributed by atoms with Gasteiger partial charge in [0, 0.05) is 6.20 Å². The third kappa shape index (κ3) is 1.57. The number of aryl methyl sites for hydroxylation is 1. The number of imidazole rings is 1. The zero-order valence-electron chi connectivity index (χ0n) is 8.20. The van der Waals surface area contributed by atoms with E-state index >= 15 is 0 Å². The average molecular weight is 224 g/mol. The van der Waals surface area contributed by atoms with Crippen molar-refractivity contribution in [3.05, 3.63) is 34.7 Å². The molecular weight excluding hydrogens is 214 g/mol. The summed E-state index contributed by atoms with van der Waals surface area (Å²) >= 11 is 5.85. The van der Waals surface area contributed by atoms with Crippen LogP contribution >= 0.6 is 11.6 Å². The van der Waals surface area contributed by atoms with E-state index in [4.69, 9.17) is 17.3 Å². The standard InChI is InChI=1S/C10H10ClN3O/c1-2-7-9(10(12)15)14-5-6(11)3-4-8(14)13-7/h3-5H,2H2,1H3,(H2,12,15). The van der Waals surface area contributed by atoms with E-state index in [0.29, 0.717) is 28.5 Å². The van der Waals surface area contributed by atoms with Crippen LogP contribution in [0.5, 0.6) is 0 Å². The molecule has 0 spiro atoms. The first-order valence-corrected chi connectivity index (χ1v) is 4.97. The van der Waals surface area contributed by atoms with Crippen molar-refractivity contribution in [2.75, 3.05) is 0 Å². The lowest BCUT2D eigenvalue weighted by Crippen LogP contribution is -2.15. The normalized spacial score (nSPS) is 10.8. The summed E-state index contributed by atoms with van der Waals surface area (Å²) in [6.45, 7) is 1.93. The number of hydrogen-bond donors (Lipinski definition) is 1. The molecule has 1 amide bonds. The highest BCUT2D eigenvalue weighted by atomic mass is 35.5. The Morgan fingerprint density at radius 3 is 2.93 bits per heavy atom. The van der Waals surface area contributed by atoms with Crippen molar-refractivity contribution in [3.8, 4) is 0 Å². The van der Waals surface area contributed by atoms with Gasteiger partial charge in [0.25, 0.3) is 5.91 Å². The molecule has 0 aliphatic heterocycles. The Kier molecular flexibility index (Phi) is 2.36. The Balaban J connectivity index is 2.82. The van der Waals surface area contributed by atoms with E-state index in [1.807, 2.05) is 6.92 Å². The van der Waals surface area contributed by atoms with Gasteiger partial charge in [0.2, 0.25) is 0 Å². The smallest absolute Gasteiger partial charge is 0.267 e. The minimum atomic E-state index is -0.485. The lowest BCUT2D eigenvalue weighted by molar-refractivity contribution is 0.0994. The summed E-state index contributed by atoms with van der Waals surface area (Å²) in [5.74, 6) is -0.485. The molecule has 2 aromatic rings. The average Bonchev–Trinajstić information content (AvgIpc) is 2.55. The van der Waals surface area contributed by atoms with Crippen LogP contribution in [0.3, 0.4) is 0 Å². The molecule has 2 heterocycles. The fraction of sp³-hybridized carbons (Fsp3) is 0.200. The highest BCUT2D eigenvalue weighted by molar-refractivity contribution is 6.30. The van der Waals surface area contributed by atoms with E-state index in [9.17, 15) is 4.79 Å². The molecule has 0 aliphatic carbocycles. The van der Waals surface area contributed by atoms with Gasteiger partial charge < -0.3 is 5.73 Å². The van der Waals surface area contributed by atoms with Crippen LogP contribution in [-0.4, -0.2) is 15.3 Å². The molecule has 0 saturated carbocycles. The first kappa shape index (κ1) is 9.98. The predicted octanol–water partition coefficient (Wildman–Crippen LogP) is 1.65. The fourth-order valence-corrected chi connectivity index (χ4v) is 1.74. The second kappa shape index (κ2) is 3.55. The van der Waals surface area contributed by atoms with Crippen molar-refractivity contribution in [3.63, 3.8) is 0 Å². The van der Waals surface area contributed by atoms with Gasteiger partial charge in [-0.15, -0.1) is 0 Å². The van der Waals surface area contributed by atoms with E-state index in [1.165, 1.54) is 0 Å². The number of nitrogens with two attached hydrogens (primary N) is 1. The highest BCUT2D eigenvalue weighted by Gasteiger charge is 2.15. The van der Waals surface area contributed by atoms with Crippen LogP contribution in [-0.2, 0) is 6.42 Å². The molecular formula is C10H10ClN3O. The van der Waals surface area contributed by atoms with Crippen LogP contribution in [0, 0.1) is 0 Å². The van der Waals surface area contributed by atoms with E-state index < -0.39 is 5.91 Å². The van der Waals surface area contributed by atoms with Gasteiger partial charge in [0.05, 0.1) is 10.7 Å². The number of rotatable bonds is 2. The van der Waals surface area contributed by atoms with Gasteiger partial charge in [-0.3, -0.25) is 9.20 Å². The minimum absolute atomic E-state index is 0.412. The van der Waals surface area contributed by atoms with E-state index in [1.54, 1.807) is 22.7 Å². The minimum Gasteiger partial charge on any atom is -0.364 e. The number of carbonyl (C=O) groups excluding carboxylic acids is 1. The molecule has 2 rings (SSSR count). The maximum absolute atomic E-state index is 11.3. The summed E-state index contributed by atoms with van der Waals surface area (Å²) in [5.41, 5.74) is 7.10. The monoisotopic (exact) mass is 223 g/mol. The number of nitrogens with zero attached hydrogens (tertiary/aromatic N) is 2. The first-order chi connectivity index (χ1) is 7.13. The van der Waals surface area contributed by atoms with Gasteiger partial charge in [-0.05, 0) is 18.6 Å². The number of aromatic nitrogens is 2. The molecule has 4 nitrogen and oxygen atoms in total. The van der Waals surface area contributed by atoms with Crippen molar-refractivity contribution in [1.29, 1.82) is 0 Å². The Morgan fingerprint density at radius 2 is 2.33 bits per heavy atom. The number of hydrogen-bond acceptors (Lipinski definition) is 2. The van der Waals surface area contributed by atoms with Gasteiger partial charge in [0.1, 0.15) is 11.3 Å². The third-order valence-electron chi connectivity index (χ3n) is 2.22. The number of pyridine rings is 1. The second-order valence-corrected chi connectivity index (χ2v) is 3.64. The topological polar surface area (TPSA) is 60.4 Å². The molecule has 0 radical (unpaired) electrons. The number of halogens is 1. The van der Waals surface area contributed by atoms with Gasteiger partial charge in [-0.1, -0.05) is 18.5 Å². The fourth-order valence-electron chi connectivity index (χ4n) is 1.57. The quantitative estimate of drug-likeness (QED) is 0.842. The summed E-state index contributed by atoms with van der Waals surface area (Å²) in [7, 11) is 0. The molecule has 0 unspecified atom stereocenters. The molecule has 15 heavy (non-hydrogen) atoms. The zero-order valence-corrected chi connectivity index (χ0v) is 8.95. The van der Waals surface area contributed by atoms with Gasteiger partial charge in [-0.2, -0.15) is 0 Å². The summed E-state index contributed by atoms with van der Waals surface area (Å²) in [4.78, 5) is 15.6. The largest absolute Gasteiger partial charge is 0.364 e.